The van der Waals surface area contributed by atoms with Crippen molar-refractivity contribution in [3.8, 4) is 0 Å². The Kier molecular flexibility index (Phi) is 1.07. The van der Waals surface area contributed by atoms with E-state index >= 15 is 0 Å². The molecule has 12 heavy (non-hydrogen) atoms. The molecule has 0 saturated heterocycles. The first kappa shape index (κ1) is 6.44. The number of fused-ring (bicyclic) bond motifs is 5. The zero-order chi connectivity index (χ0) is 8.13. The van der Waals surface area contributed by atoms with Gasteiger partial charge in [0.05, 0.1) is 12.1 Å². The van der Waals surface area contributed by atoms with Gasteiger partial charge in [0.15, 0.2) is 0 Å². The number of rotatable bonds is 0. The molecule has 0 radical (unpaired) electrons. The Hall–Kier alpha value is -1.08. The molecular formula is C11H11N. The van der Waals surface area contributed by atoms with E-state index in [0.717, 1.165) is 0 Å². The molecule has 0 spiro atoms. The van der Waals surface area contributed by atoms with Gasteiger partial charge >= 0.3 is 0 Å². The van der Waals surface area contributed by atoms with Gasteiger partial charge in [-0.2, -0.15) is 0 Å². The van der Waals surface area contributed by atoms with Crippen molar-refractivity contribution in [3.05, 3.63) is 47.0 Å². The largest absolute Gasteiger partial charge is 0.296 e. The summed E-state index contributed by atoms with van der Waals surface area (Å²) in [6.07, 6.45) is 4.51. The Bertz CT molecular complexity index is 365. The summed E-state index contributed by atoms with van der Waals surface area (Å²) in [5.41, 5.74) is 4.30. The predicted molar refractivity (Wildman–Crippen MR) is 48.9 cm³/mol. The summed E-state index contributed by atoms with van der Waals surface area (Å²) in [4.78, 5) is 0. The Balaban J connectivity index is 2.24. The van der Waals surface area contributed by atoms with Crippen molar-refractivity contribution in [2.45, 2.75) is 19.0 Å². The molecule has 2 bridgehead atoms. The lowest BCUT2D eigenvalue weighted by Gasteiger charge is -2.08. The second-order valence-corrected chi connectivity index (χ2v) is 3.64. The standard InChI is InChI=1S/C11H11N/c1-7-2-3-8-9(6-7)11-5-4-10(8)12-11/h2-6,10-12H,1H3. The van der Waals surface area contributed by atoms with Crippen molar-refractivity contribution in [2.24, 2.45) is 0 Å². The molecule has 0 aliphatic carbocycles. The monoisotopic (exact) mass is 157 g/mol. The highest BCUT2D eigenvalue weighted by Gasteiger charge is 2.31. The molecule has 2 unspecified atom stereocenters. The van der Waals surface area contributed by atoms with E-state index in [2.05, 4.69) is 42.6 Å². The van der Waals surface area contributed by atoms with E-state index in [-0.39, 0.29) is 0 Å². The first-order chi connectivity index (χ1) is 5.84. The molecule has 2 atom stereocenters. The van der Waals surface area contributed by atoms with Crippen molar-refractivity contribution < 1.29 is 0 Å². The summed E-state index contributed by atoms with van der Waals surface area (Å²) in [6, 6.07) is 7.70. The molecule has 0 aromatic heterocycles. The van der Waals surface area contributed by atoms with Crippen LogP contribution in [0.1, 0.15) is 28.8 Å². The fourth-order valence-corrected chi connectivity index (χ4v) is 2.16. The fraction of sp³-hybridized carbons (Fsp3) is 0.273. The van der Waals surface area contributed by atoms with Crippen LogP contribution in [0.5, 0.6) is 0 Å². The molecule has 60 valence electrons. The Morgan fingerprint density at radius 3 is 2.67 bits per heavy atom. The van der Waals surface area contributed by atoms with Crippen molar-refractivity contribution in [3.63, 3.8) is 0 Å². The highest BCUT2D eigenvalue weighted by atomic mass is 15.0. The molecule has 1 nitrogen and oxygen atoms in total. The van der Waals surface area contributed by atoms with Crippen LogP contribution in [-0.2, 0) is 0 Å². The third kappa shape index (κ3) is 0.669. The lowest BCUT2D eigenvalue weighted by atomic mass is 9.95. The van der Waals surface area contributed by atoms with Gasteiger partial charge in [-0.05, 0) is 18.1 Å². The molecule has 2 aliphatic heterocycles. The molecule has 2 aliphatic rings. The zero-order valence-corrected chi connectivity index (χ0v) is 7.04. The van der Waals surface area contributed by atoms with Crippen LogP contribution in [0, 0.1) is 6.92 Å². The van der Waals surface area contributed by atoms with Crippen molar-refractivity contribution in [1.82, 2.24) is 5.32 Å². The van der Waals surface area contributed by atoms with Gasteiger partial charge in [0.25, 0.3) is 0 Å². The molecule has 1 heteroatoms. The average molecular weight is 157 g/mol. The van der Waals surface area contributed by atoms with Crippen molar-refractivity contribution in [1.29, 1.82) is 0 Å². The van der Waals surface area contributed by atoms with E-state index in [4.69, 9.17) is 0 Å². The highest BCUT2D eigenvalue weighted by molar-refractivity contribution is 5.47. The molecule has 0 amide bonds. The van der Waals surface area contributed by atoms with Crippen LogP contribution in [0.25, 0.3) is 0 Å². The number of hydrogen-bond acceptors (Lipinski definition) is 1. The minimum absolute atomic E-state index is 0.491. The van der Waals surface area contributed by atoms with E-state index in [1.54, 1.807) is 0 Å². The molecule has 1 N–H and O–H groups in total. The van der Waals surface area contributed by atoms with E-state index < -0.39 is 0 Å². The van der Waals surface area contributed by atoms with Crippen LogP contribution in [0.15, 0.2) is 30.4 Å². The summed E-state index contributed by atoms with van der Waals surface area (Å²) in [7, 11) is 0. The van der Waals surface area contributed by atoms with Crippen molar-refractivity contribution in [2.75, 3.05) is 0 Å². The van der Waals surface area contributed by atoms with Gasteiger partial charge in [0.2, 0.25) is 0 Å². The number of hydrogen-bond donors (Lipinski definition) is 1. The summed E-state index contributed by atoms with van der Waals surface area (Å²) >= 11 is 0. The Labute approximate surface area is 72.1 Å². The summed E-state index contributed by atoms with van der Waals surface area (Å²) in [5.74, 6) is 0. The molecule has 0 fully saturated rings. The third-order valence-corrected chi connectivity index (χ3v) is 2.77. The highest BCUT2D eigenvalue weighted by Crippen LogP contribution is 2.39. The second-order valence-electron chi connectivity index (χ2n) is 3.64. The molecule has 1 aromatic rings. The van der Waals surface area contributed by atoms with Crippen LogP contribution in [0.3, 0.4) is 0 Å². The zero-order valence-electron chi connectivity index (χ0n) is 7.04. The first-order valence-corrected chi connectivity index (χ1v) is 4.39. The molecule has 1 aromatic carbocycles. The van der Waals surface area contributed by atoms with Gasteiger partial charge in [-0.1, -0.05) is 35.9 Å². The maximum absolute atomic E-state index is 3.51. The average Bonchev–Trinajstić information content (AvgIpc) is 2.63. The maximum Gasteiger partial charge on any atom is 0.0517 e. The van der Waals surface area contributed by atoms with Crippen LogP contribution in [-0.4, -0.2) is 0 Å². The van der Waals surface area contributed by atoms with Crippen molar-refractivity contribution >= 4 is 0 Å². The number of benzene rings is 1. The van der Waals surface area contributed by atoms with Gasteiger partial charge in [-0.25, -0.2) is 0 Å². The van der Waals surface area contributed by atoms with E-state index in [9.17, 15) is 0 Å². The minimum Gasteiger partial charge on any atom is -0.296 e. The lowest BCUT2D eigenvalue weighted by molar-refractivity contribution is 0.673. The number of nitrogens with one attached hydrogen (secondary N) is 1. The molecule has 3 rings (SSSR count). The van der Waals surface area contributed by atoms with E-state index in [0.29, 0.717) is 12.1 Å². The van der Waals surface area contributed by atoms with Gasteiger partial charge in [0.1, 0.15) is 0 Å². The van der Waals surface area contributed by atoms with Crippen LogP contribution in [0.4, 0.5) is 0 Å². The second kappa shape index (κ2) is 1.99. The molecule has 0 saturated carbocycles. The summed E-state index contributed by atoms with van der Waals surface area (Å²) < 4.78 is 0. The van der Waals surface area contributed by atoms with Gasteiger partial charge in [-0.3, -0.25) is 5.32 Å². The quantitative estimate of drug-likeness (QED) is 0.569. The lowest BCUT2D eigenvalue weighted by Crippen LogP contribution is -2.07. The normalized spacial score (nSPS) is 29.4. The fourth-order valence-electron chi connectivity index (χ4n) is 2.16. The summed E-state index contributed by atoms with van der Waals surface area (Å²) in [6.45, 7) is 2.15. The minimum atomic E-state index is 0.491. The smallest absolute Gasteiger partial charge is 0.0517 e. The SMILES string of the molecule is Cc1ccc2c(c1)C1C=CC2N1. The van der Waals surface area contributed by atoms with Gasteiger partial charge < -0.3 is 0 Å². The maximum atomic E-state index is 3.51. The van der Waals surface area contributed by atoms with Crippen LogP contribution in [0.2, 0.25) is 0 Å². The van der Waals surface area contributed by atoms with Crippen LogP contribution < -0.4 is 5.32 Å². The molecule has 2 heterocycles. The summed E-state index contributed by atoms with van der Waals surface area (Å²) in [5, 5.41) is 3.51. The van der Waals surface area contributed by atoms with Crippen LogP contribution >= 0.6 is 0 Å². The third-order valence-electron chi connectivity index (χ3n) is 2.77. The van der Waals surface area contributed by atoms with Gasteiger partial charge in [0, 0.05) is 0 Å². The first-order valence-electron chi connectivity index (χ1n) is 4.39. The van der Waals surface area contributed by atoms with E-state index in [1.807, 2.05) is 0 Å². The predicted octanol–water partition coefficient (Wildman–Crippen LogP) is 2.25. The number of aryl methyl sites for hydroxylation is 1. The Morgan fingerprint density at radius 2 is 1.83 bits per heavy atom. The Morgan fingerprint density at radius 1 is 1.08 bits per heavy atom. The van der Waals surface area contributed by atoms with E-state index in [1.165, 1.54) is 16.7 Å². The topological polar surface area (TPSA) is 12.0 Å². The van der Waals surface area contributed by atoms with Gasteiger partial charge in [-0.15, -0.1) is 0 Å². The molecular weight excluding hydrogens is 146 g/mol.